The maximum Gasteiger partial charge on any atom is 0.319 e. The Bertz CT molecular complexity index is 328. The summed E-state index contributed by atoms with van der Waals surface area (Å²) in [7, 11) is 1.74. The fraction of sp³-hybridized carbons (Fsp3) is 0.750. The van der Waals surface area contributed by atoms with Crippen molar-refractivity contribution in [1.82, 2.24) is 20.2 Å². The molecule has 0 fully saturated rings. The molecule has 0 N–H and O–H groups in total. The number of esters is 1. The lowest BCUT2D eigenvalue weighted by atomic mass is 10.3. The van der Waals surface area contributed by atoms with E-state index < -0.39 is 0 Å². The van der Waals surface area contributed by atoms with Crippen molar-refractivity contribution in [2.75, 3.05) is 6.61 Å². The van der Waals surface area contributed by atoms with Crippen LogP contribution in [0.3, 0.4) is 0 Å². The van der Waals surface area contributed by atoms with Crippen LogP contribution in [-0.4, -0.2) is 38.0 Å². The normalized spacial score (nSPS) is 12.5. The Morgan fingerprint density at radius 1 is 1.60 bits per heavy atom. The molecule has 15 heavy (non-hydrogen) atoms. The molecule has 1 unspecified atom stereocenters. The van der Waals surface area contributed by atoms with Crippen LogP contribution in [0.2, 0.25) is 0 Å². The van der Waals surface area contributed by atoms with E-state index in [-0.39, 0.29) is 11.2 Å². The molecule has 1 aromatic heterocycles. The number of carbonyl (C=O) groups excluding carboxylic acids is 1. The van der Waals surface area contributed by atoms with Gasteiger partial charge in [-0.05, 0) is 23.8 Å². The fourth-order valence-electron chi connectivity index (χ4n) is 0.982. The lowest BCUT2D eigenvalue weighted by Crippen LogP contribution is -2.20. The van der Waals surface area contributed by atoms with Gasteiger partial charge in [-0.25, -0.2) is 4.68 Å². The third-order valence-corrected chi connectivity index (χ3v) is 3.12. The number of nitrogens with zero attached hydrogens (tertiary/aromatic N) is 4. The second-order valence-corrected chi connectivity index (χ2v) is 4.02. The van der Waals surface area contributed by atoms with Crippen molar-refractivity contribution in [2.24, 2.45) is 7.05 Å². The molecule has 0 saturated carbocycles. The average Bonchev–Trinajstić information content (AvgIpc) is 2.61. The van der Waals surface area contributed by atoms with Crippen molar-refractivity contribution < 1.29 is 9.53 Å². The van der Waals surface area contributed by atoms with Gasteiger partial charge in [0.05, 0.1) is 6.61 Å². The zero-order valence-electron chi connectivity index (χ0n) is 9.01. The van der Waals surface area contributed by atoms with Gasteiger partial charge >= 0.3 is 5.97 Å². The number of hydrogen-bond donors (Lipinski definition) is 0. The van der Waals surface area contributed by atoms with Crippen molar-refractivity contribution in [3.8, 4) is 0 Å². The Morgan fingerprint density at radius 2 is 2.33 bits per heavy atom. The molecular formula is C8H14N4O2S. The third kappa shape index (κ3) is 3.19. The van der Waals surface area contributed by atoms with E-state index in [1.165, 1.54) is 16.4 Å². The first-order valence-corrected chi connectivity index (χ1v) is 5.62. The van der Waals surface area contributed by atoms with E-state index in [2.05, 4.69) is 15.5 Å². The highest BCUT2D eigenvalue weighted by atomic mass is 32.2. The van der Waals surface area contributed by atoms with E-state index in [1.807, 2.05) is 6.92 Å². The van der Waals surface area contributed by atoms with Crippen LogP contribution in [0.1, 0.15) is 20.3 Å². The highest BCUT2D eigenvalue weighted by molar-refractivity contribution is 8.00. The smallest absolute Gasteiger partial charge is 0.319 e. The Kier molecular flexibility index (Phi) is 4.54. The highest BCUT2D eigenvalue weighted by Crippen LogP contribution is 2.23. The SMILES string of the molecule is CCOC(=O)C(CC)Sc1nnnn1C. The minimum absolute atomic E-state index is 0.215. The Hall–Kier alpha value is -1.11. The van der Waals surface area contributed by atoms with Crippen molar-refractivity contribution in [3.05, 3.63) is 0 Å². The summed E-state index contributed by atoms with van der Waals surface area (Å²) in [6.07, 6.45) is 0.691. The van der Waals surface area contributed by atoms with Crippen LogP contribution in [0.15, 0.2) is 5.16 Å². The van der Waals surface area contributed by atoms with Gasteiger partial charge in [-0.2, -0.15) is 0 Å². The molecule has 0 radical (unpaired) electrons. The van der Waals surface area contributed by atoms with Gasteiger partial charge in [-0.15, -0.1) is 5.10 Å². The Balaban J connectivity index is 2.61. The van der Waals surface area contributed by atoms with E-state index in [1.54, 1.807) is 14.0 Å². The molecule has 6 nitrogen and oxygen atoms in total. The number of ether oxygens (including phenoxy) is 1. The van der Waals surface area contributed by atoms with E-state index in [0.717, 1.165) is 0 Å². The highest BCUT2D eigenvalue weighted by Gasteiger charge is 2.21. The van der Waals surface area contributed by atoms with Crippen LogP contribution in [0.25, 0.3) is 0 Å². The standard InChI is InChI=1S/C8H14N4O2S/c1-4-6(7(13)14-5-2)15-8-9-10-11-12(8)3/h6H,4-5H2,1-3H3. The minimum atomic E-state index is -0.241. The second kappa shape index (κ2) is 5.69. The monoisotopic (exact) mass is 230 g/mol. The molecule has 0 amide bonds. The molecular weight excluding hydrogens is 216 g/mol. The van der Waals surface area contributed by atoms with Gasteiger partial charge < -0.3 is 4.74 Å². The molecule has 1 atom stereocenters. The summed E-state index contributed by atoms with van der Waals surface area (Å²) in [6, 6.07) is 0. The molecule has 0 saturated heterocycles. The summed E-state index contributed by atoms with van der Waals surface area (Å²) in [5.74, 6) is -0.215. The number of rotatable bonds is 5. The summed E-state index contributed by atoms with van der Waals surface area (Å²) in [4.78, 5) is 11.5. The first-order valence-electron chi connectivity index (χ1n) is 4.74. The van der Waals surface area contributed by atoms with Crippen molar-refractivity contribution in [2.45, 2.75) is 30.7 Å². The van der Waals surface area contributed by atoms with Crippen LogP contribution in [0, 0.1) is 0 Å². The van der Waals surface area contributed by atoms with Crippen molar-refractivity contribution in [1.29, 1.82) is 0 Å². The number of hydrogen-bond acceptors (Lipinski definition) is 6. The number of aromatic nitrogens is 4. The molecule has 7 heteroatoms. The summed E-state index contributed by atoms with van der Waals surface area (Å²) >= 11 is 1.32. The molecule has 1 aromatic rings. The van der Waals surface area contributed by atoms with Crippen LogP contribution in [0.5, 0.6) is 0 Å². The lowest BCUT2D eigenvalue weighted by Gasteiger charge is -2.11. The molecule has 84 valence electrons. The van der Waals surface area contributed by atoms with Gasteiger partial charge in [0, 0.05) is 7.05 Å². The maximum absolute atomic E-state index is 11.5. The molecule has 1 heterocycles. The summed E-state index contributed by atoms with van der Waals surface area (Å²) in [5.41, 5.74) is 0. The van der Waals surface area contributed by atoms with Crippen LogP contribution < -0.4 is 0 Å². The average molecular weight is 230 g/mol. The first kappa shape index (κ1) is 12.0. The Morgan fingerprint density at radius 3 is 2.80 bits per heavy atom. The van der Waals surface area contributed by atoms with Gasteiger partial charge in [-0.1, -0.05) is 18.7 Å². The zero-order chi connectivity index (χ0) is 11.3. The fourth-order valence-corrected chi connectivity index (χ4v) is 1.84. The molecule has 0 spiro atoms. The number of thioether (sulfide) groups is 1. The molecule has 0 aliphatic rings. The quantitative estimate of drug-likeness (QED) is 0.546. The van der Waals surface area contributed by atoms with Crippen molar-refractivity contribution >= 4 is 17.7 Å². The predicted molar refractivity (Wildman–Crippen MR) is 55.4 cm³/mol. The number of tetrazole rings is 1. The first-order chi connectivity index (χ1) is 7.19. The van der Waals surface area contributed by atoms with Crippen LogP contribution >= 0.6 is 11.8 Å². The topological polar surface area (TPSA) is 69.9 Å². The largest absolute Gasteiger partial charge is 0.465 e. The van der Waals surface area contributed by atoms with Crippen LogP contribution in [-0.2, 0) is 16.6 Å². The summed E-state index contributed by atoms with van der Waals surface area (Å²) in [5, 5.41) is 11.4. The predicted octanol–water partition coefficient (Wildman–Crippen LogP) is 0.644. The number of aryl methyl sites for hydroxylation is 1. The maximum atomic E-state index is 11.5. The lowest BCUT2D eigenvalue weighted by molar-refractivity contribution is -0.142. The molecule has 0 bridgehead atoms. The second-order valence-electron chi connectivity index (χ2n) is 2.85. The number of carbonyl (C=O) groups is 1. The zero-order valence-corrected chi connectivity index (χ0v) is 9.82. The summed E-state index contributed by atoms with van der Waals surface area (Å²) in [6.45, 7) is 4.12. The molecule has 0 aromatic carbocycles. The van der Waals surface area contributed by atoms with Gasteiger partial charge in [0.25, 0.3) is 0 Å². The van der Waals surface area contributed by atoms with E-state index in [9.17, 15) is 4.79 Å². The van der Waals surface area contributed by atoms with E-state index >= 15 is 0 Å². The van der Waals surface area contributed by atoms with Crippen LogP contribution in [0.4, 0.5) is 0 Å². The van der Waals surface area contributed by atoms with Gasteiger partial charge in [-0.3, -0.25) is 4.79 Å². The van der Waals surface area contributed by atoms with E-state index in [0.29, 0.717) is 18.2 Å². The molecule has 1 rings (SSSR count). The van der Waals surface area contributed by atoms with Gasteiger partial charge in [0.1, 0.15) is 5.25 Å². The Labute approximate surface area is 92.4 Å². The van der Waals surface area contributed by atoms with Gasteiger partial charge in [0.2, 0.25) is 5.16 Å². The van der Waals surface area contributed by atoms with Crippen molar-refractivity contribution in [3.63, 3.8) is 0 Å². The minimum Gasteiger partial charge on any atom is -0.465 e. The van der Waals surface area contributed by atoms with Gasteiger partial charge in [0.15, 0.2) is 0 Å². The molecule has 0 aliphatic carbocycles. The third-order valence-electron chi connectivity index (χ3n) is 1.75. The van der Waals surface area contributed by atoms with E-state index in [4.69, 9.17) is 4.74 Å². The summed E-state index contributed by atoms with van der Waals surface area (Å²) < 4.78 is 6.48. The molecule has 0 aliphatic heterocycles.